The molecule has 1 aliphatic rings. The average Bonchev–Trinajstić information content (AvgIpc) is 3.26. The molecule has 0 saturated carbocycles. The van der Waals surface area contributed by atoms with E-state index in [9.17, 15) is 10.1 Å². The average molecular weight is 449 g/mol. The number of nitrogens with zero attached hydrogens (tertiary/aromatic N) is 6. The quantitative estimate of drug-likeness (QED) is 0.591. The van der Waals surface area contributed by atoms with Gasteiger partial charge < -0.3 is 14.2 Å². The molecule has 4 rings (SSSR count). The Bertz CT molecular complexity index is 1280. The van der Waals surface area contributed by atoms with Crippen LogP contribution in [-0.4, -0.2) is 53.3 Å². The number of aryl methyl sites for hydroxylation is 1. The van der Waals surface area contributed by atoms with Gasteiger partial charge in [0.2, 0.25) is 0 Å². The van der Waals surface area contributed by atoms with Gasteiger partial charge in [-0.3, -0.25) is 9.69 Å². The number of hydrogen-bond acceptors (Lipinski definition) is 8. The largest absolute Gasteiger partial charge is 0.383 e. The molecule has 0 radical (unpaired) electrons. The lowest BCUT2D eigenvalue weighted by Crippen LogP contribution is -2.58. The van der Waals surface area contributed by atoms with Gasteiger partial charge in [-0.1, -0.05) is 0 Å². The minimum Gasteiger partial charge on any atom is -0.383 e. The van der Waals surface area contributed by atoms with Gasteiger partial charge in [-0.2, -0.15) is 10.5 Å². The molecule has 3 aromatic rings. The Balaban J connectivity index is 1.71. The number of fused-ring (bicyclic) bond motifs is 1. The normalized spacial score (nSPS) is 19.1. The van der Waals surface area contributed by atoms with Crippen molar-refractivity contribution in [2.45, 2.75) is 25.6 Å². The predicted molar refractivity (Wildman–Crippen MR) is 124 cm³/mol. The van der Waals surface area contributed by atoms with Crippen LogP contribution < -0.4 is 10.5 Å². The number of piperazine rings is 1. The second kappa shape index (κ2) is 9.09. The summed E-state index contributed by atoms with van der Waals surface area (Å²) in [6.45, 7) is 4.84. The zero-order valence-corrected chi connectivity index (χ0v) is 19.1. The van der Waals surface area contributed by atoms with Crippen LogP contribution in [0.4, 0.5) is 5.69 Å². The number of anilines is 1. The summed E-state index contributed by atoms with van der Waals surface area (Å²) in [5.41, 5.74) is 2.96. The Morgan fingerprint density at radius 2 is 2.06 bits per heavy atom. The lowest BCUT2D eigenvalue weighted by atomic mass is 10.1. The van der Waals surface area contributed by atoms with E-state index in [-0.39, 0.29) is 17.6 Å². The van der Waals surface area contributed by atoms with Crippen LogP contribution >= 0.6 is 11.3 Å². The van der Waals surface area contributed by atoms with Crippen molar-refractivity contribution < 1.29 is 4.74 Å². The summed E-state index contributed by atoms with van der Waals surface area (Å²) in [4.78, 5) is 23.0. The van der Waals surface area contributed by atoms with Crippen molar-refractivity contribution in [3.05, 3.63) is 56.1 Å². The maximum Gasteiger partial charge on any atom is 0.252 e. The van der Waals surface area contributed by atoms with Crippen molar-refractivity contribution in [1.82, 2.24) is 14.5 Å². The zero-order chi connectivity index (χ0) is 22.8. The molecule has 0 N–H and O–H groups in total. The van der Waals surface area contributed by atoms with Crippen molar-refractivity contribution in [3.8, 4) is 12.1 Å². The van der Waals surface area contributed by atoms with Gasteiger partial charge in [0.05, 0.1) is 29.4 Å². The first kappa shape index (κ1) is 22.0. The highest BCUT2D eigenvalue weighted by Gasteiger charge is 2.33. The van der Waals surface area contributed by atoms with Crippen LogP contribution in [0.25, 0.3) is 11.0 Å². The lowest BCUT2D eigenvalue weighted by Gasteiger charge is -2.46. The molecule has 0 amide bonds. The Kier molecular flexibility index (Phi) is 6.24. The van der Waals surface area contributed by atoms with E-state index in [4.69, 9.17) is 10.00 Å². The first-order valence-electron chi connectivity index (χ1n) is 10.3. The van der Waals surface area contributed by atoms with Gasteiger partial charge in [-0.05, 0) is 25.1 Å². The summed E-state index contributed by atoms with van der Waals surface area (Å²) in [5, 5.41) is 20.4. The summed E-state index contributed by atoms with van der Waals surface area (Å²) in [6, 6.07) is 11.5. The number of nitriles is 2. The molecule has 3 aromatic heterocycles. The van der Waals surface area contributed by atoms with E-state index in [0.717, 1.165) is 23.7 Å². The van der Waals surface area contributed by atoms with Crippen molar-refractivity contribution in [3.63, 3.8) is 0 Å². The Morgan fingerprint density at radius 1 is 1.25 bits per heavy atom. The highest BCUT2D eigenvalue weighted by Crippen LogP contribution is 2.30. The van der Waals surface area contributed by atoms with Crippen LogP contribution in [0.3, 0.4) is 0 Å². The Labute approximate surface area is 190 Å². The van der Waals surface area contributed by atoms with E-state index >= 15 is 0 Å². The second-order valence-electron chi connectivity index (χ2n) is 8.06. The number of methoxy groups -OCH3 is 1. The molecule has 32 heavy (non-hydrogen) atoms. The van der Waals surface area contributed by atoms with E-state index in [0.29, 0.717) is 35.4 Å². The summed E-state index contributed by atoms with van der Waals surface area (Å²) in [5.74, 6) is 0. The molecule has 1 aliphatic heterocycles. The highest BCUT2D eigenvalue weighted by atomic mass is 32.1. The van der Waals surface area contributed by atoms with Crippen LogP contribution in [0.5, 0.6) is 0 Å². The van der Waals surface area contributed by atoms with Gasteiger partial charge >= 0.3 is 0 Å². The molecule has 1 saturated heterocycles. The number of hydrogen-bond donors (Lipinski definition) is 0. The predicted octanol–water partition coefficient (Wildman–Crippen LogP) is 2.46. The highest BCUT2D eigenvalue weighted by molar-refractivity contribution is 7.10. The van der Waals surface area contributed by atoms with Gasteiger partial charge in [-0.15, -0.1) is 11.3 Å². The first-order valence-corrected chi connectivity index (χ1v) is 11.2. The molecule has 0 unspecified atom stereocenters. The number of rotatable bonds is 5. The lowest BCUT2D eigenvalue weighted by molar-refractivity contribution is 0.103. The molecule has 9 heteroatoms. The molecular weight excluding hydrogens is 424 g/mol. The van der Waals surface area contributed by atoms with Crippen LogP contribution in [-0.2, 0) is 18.3 Å². The molecule has 1 fully saturated rings. The molecule has 2 atom stereocenters. The fourth-order valence-electron chi connectivity index (χ4n) is 4.26. The van der Waals surface area contributed by atoms with Crippen LogP contribution in [0.1, 0.15) is 23.1 Å². The maximum atomic E-state index is 12.7. The van der Waals surface area contributed by atoms with Crippen LogP contribution in [0.15, 0.2) is 34.4 Å². The zero-order valence-electron chi connectivity index (χ0n) is 18.3. The minimum atomic E-state index is -0.118. The smallest absolute Gasteiger partial charge is 0.252 e. The molecule has 0 aromatic carbocycles. The fourth-order valence-corrected chi connectivity index (χ4v) is 5.10. The third-order valence-corrected chi connectivity index (χ3v) is 6.89. The number of ether oxygens (including phenoxy) is 1. The summed E-state index contributed by atoms with van der Waals surface area (Å²) in [7, 11) is 3.39. The van der Waals surface area contributed by atoms with Gasteiger partial charge in [0.1, 0.15) is 23.3 Å². The molecule has 4 heterocycles. The van der Waals surface area contributed by atoms with Crippen LogP contribution in [0.2, 0.25) is 0 Å². The molecule has 8 nitrogen and oxygen atoms in total. The standard InChI is InChI=1S/C23H24N6O2S/c1-15-10-29(18(13-31-3)11-28(15)12-19-6-16(8-24)14-32-19)21-7-22(30)27(2)20-5-4-17(9-25)26-23(20)21/h4-7,14-15,18H,10-13H2,1-3H3/t15-,18-/m1/s1. The van der Waals surface area contributed by atoms with Gasteiger partial charge in [0, 0.05) is 56.2 Å². The Hall–Kier alpha value is -3.24. The first-order chi connectivity index (χ1) is 15.4. The number of thiophene rings is 1. The summed E-state index contributed by atoms with van der Waals surface area (Å²) in [6.07, 6.45) is 0. The fraction of sp³-hybridized carbons (Fsp3) is 0.391. The van der Waals surface area contributed by atoms with Gasteiger partial charge in [0.15, 0.2) is 0 Å². The molecule has 0 spiro atoms. The van der Waals surface area contributed by atoms with Crippen molar-refractivity contribution in [2.24, 2.45) is 7.05 Å². The maximum absolute atomic E-state index is 12.7. The van der Waals surface area contributed by atoms with Crippen molar-refractivity contribution in [1.29, 1.82) is 10.5 Å². The van der Waals surface area contributed by atoms with Crippen molar-refractivity contribution in [2.75, 3.05) is 31.7 Å². The minimum absolute atomic E-state index is 0.00875. The van der Waals surface area contributed by atoms with E-state index in [2.05, 4.69) is 33.8 Å². The molecule has 0 aliphatic carbocycles. The van der Waals surface area contributed by atoms with Crippen LogP contribution in [0, 0.1) is 22.7 Å². The third-order valence-electron chi connectivity index (χ3n) is 5.96. The van der Waals surface area contributed by atoms with E-state index in [1.165, 1.54) is 0 Å². The van der Waals surface area contributed by atoms with Crippen molar-refractivity contribution >= 4 is 28.1 Å². The van der Waals surface area contributed by atoms with E-state index in [1.54, 1.807) is 48.3 Å². The monoisotopic (exact) mass is 448 g/mol. The van der Waals surface area contributed by atoms with Gasteiger partial charge in [-0.25, -0.2) is 4.98 Å². The molecule has 164 valence electrons. The van der Waals surface area contributed by atoms with Gasteiger partial charge in [0.25, 0.3) is 5.56 Å². The van der Waals surface area contributed by atoms with E-state index in [1.807, 2.05) is 11.4 Å². The molecular formula is C23H24N6O2S. The summed E-state index contributed by atoms with van der Waals surface area (Å²) < 4.78 is 7.09. The van der Waals surface area contributed by atoms with E-state index < -0.39 is 0 Å². The SMILES string of the molecule is COC[C@H]1CN(Cc2cc(C#N)cs2)[C@H](C)CN1c1cc(=O)n(C)c2ccc(C#N)nc12. The third kappa shape index (κ3) is 4.11. The Morgan fingerprint density at radius 3 is 2.75 bits per heavy atom. The number of aromatic nitrogens is 2. The molecule has 0 bridgehead atoms. The topological polar surface area (TPSA) is 98.2 Å². The second-order valence-corrected chi connectivity index (χ2v) is 9.05. The number of pyridine rings is 2. The summed E-state index contributed by atoms with van der Waals surface area (Å²) >= 11 is 1.60.